The van der Waals surface area contributed by atoms with Gasteiger partial charge in [-0.05, 0) is 68.1 Å². The number of rotatable bonds is 7. The maximum Gasteiger partial charge on any atom is 0.338 e. The van der Waals surface area contributed by atoms with Gasteiger partial charge < -0.3 is 18.9 Å². The third-order valence-electron chi connectivity index (χ3n) is 7.45. The summed E-state index contributed by atoms with van der Waals surface area (Å²) in [4.78, 5) is 24.3. The van der Waals surface area contributed by atoms with E-state index in [1.807, 2.05) is 6.92 Å². The van der Waals surface area contributed by atoms with Crippen LogP contribution >= 0.6 is 0 Å². The van der Waals surface area contributed by atoms with E-state index in [2.05, 4.69) is 13.5 Å². The lowest BCUT2D eigenvalue weighted by atomic mass is 9.79. The first kappa shape index (κ1) is 20.8. The molecule has 1 heterocycles. The molecule has 1 aliphatic heterocycles. The van der Waals surface area contributed by atoms with E-state index in [9.17, 15) is 9.59 Å². The fourth-order valence-electron chi connectivity index (χ4n) is 5.57. The number of esters is 2. The van der Waals surface area contributed by atoms with Crippen LogP contribution in [0.5, 0.6) is 11.5 Å². The van der Waals surface area contributed by atoms with Gasteiger partial charge in [-0.1, -0.05) is 13.5 Å². The summed E-state index contributed by atoms with van der Waals surface area (Å²) in [6.07, 6.45) is 3.53. The van der Waals surface area contributed by atoms with Crippen molar-refractivity contribution in [3.63, 3.8) is 0 Å². The van der Waals surface area contributed by atoms with Gasteiger partial charge in [-0.25, -0.2) is 9.59 Å². The summed E-state index contributed by atoms with van der Waals surface area (Å²) in [6.45, 7) is 8.17. The molecule has 2 unspecified atom stereocenters. The van der Waals surface area contributed by atoms with Crippen molar-refractivity contribution >= 4 is 11.9 Å². The third kappa shape index (κ3) is 3.46. The summed E-state index contributed by atoms with van der Waals surface area (Å²) < 4.78 is 21.7. The number of carbonyl (C=O) groups is 2. The molecule has 0 spiro atoms. The molecule has 4 rings (SSSR count). The molecule has 1 aromatic carbocycles. The zero-order chi connectivity index (χ0) is 21.6. The maximum absolute atomic E-state index is 12.5. The standard InChI is InChI=1S/C24H30O6/c1-13(29-23(26)15-7-9-19(27-4)20(10-15)28-5)6-8-17-18-11-16-14(2)22(25)30-21(16)12-24(17,18)3/h7,9-10,13,16-18,21H,2,6,8,11-12H2,1,3-5H3/t13?,16-,17?,18+,21-,24-/m1/s1. The second-order valence-electron chi connectivity index (χ2n) is 9.10. The Bertz CT molecular complexity index is 876. The van der Waals surface area contributed by atoms with Gasteiger partial charge in [-0.2, -0.15) is 0 Å². The van der Waals surface area contributed by atoms with Crippen LogP contribution in [0.15, 0.2) is 30.4 Å². The summed E-state index contributed by atoms with van der Waals surface area (Å²) in [6, 6.07) is 5.02. The first-order chi connectivity index (χ1) is 14.3. The van der Waals surface area contributed by atoms with Crippen LogP contribution in [0.3, 0.4) is 0 Å². The highest BCUT2D eigenvalue weighted by Gasteiger charge is 2.66. The third-order valence-corrected chi connectivity index (χ3v) is 7.45. The predicted molar refractivity (Wildman–Crippen MR) is 110 cm³/mol. The quantitative estimate of drug-likeness (QED) is 0.493. The highest BCUT2D eigenvalue weighted by Crippen LogP contribution is 2.70. The Morgan fingerprint density at radius 1 is 1.30 bits per heavy atom. The zero-order valence-corrected chi connectivity index (χ0v) is 18.1. The first-order valence-corrected chi connectivity index (χ1v) is 10.6. The molecular weight excluding hydrogens is 384 g/mol. The van der Waals surface area contributed by atoms with E-state index in [-0.39, 0.29) is 35.5 Å². The molecule has 3 fully saturated rings. The molecule has 6 atom stereocenters. The topological polar surface area (TPSA) is 71.1 Å². The molecular formula is C24H30O6. The van der Waals surface area contributed by atoms with Crippen LogP contribution in [0.4, 0.5) is 0 Å². The predicted octanol–water partition coefficient (Wildman–Crippen LogP) is 4.17. The van der Waals surface area contributed by atoms with Gasteiger partial charge in [0.15, 0.2) is 11.5 Å². The molecule has 162 valence electrons. The lowest BCUT2D eigenvalue weighted by Gasteiger charge is -2.27. The van der Waals surface area contributed by atoms with Crippen LogP contribution in [-0.4, -0.2) is 38.4 Å². The number of hydrogen-bond donors (Lipinski definition) is 0. The van der Waals surface area contributed by atoms with E-state index in [4.69, 9.17) is 18.9 Å². The number of ether oxygens (including phenoxy) is 4. The largest absolute Gasteiger partial charge is 0.493 e. The summed E-state index contributed by atoms with van der Waals surface area (Å²) >= 11 is 0. The average Bonchev–Trinajstić information content (AvgIpc) is 3.21. The fourth-order valence-corrected chi connectivity index (χ4v) is 5.57. The van der Waals surface area contributed by atoms with E-state index in [0.717, 1.165) is 25.7 Å². The normalized spacial score (nSPS) is 32.5. The zero-order valence-electron chi connectivity index (χ0n) is 18.1. The Morgan fingerprint density at radius 3 is 2.73 bits per heavy atom. The second kappa shape index (κ2) is 7.64. The van der Waals surface area contributed by atoms with Crippen molar-refractivity contribution in [2.45, 2.75) is 51.7 Å². The van der Waals surface area contributed by atoms with Crippen LogP contribution in [0.1, 0.15) is 49.9 Å². The summed E-state index contributed by atoms with van der Waals surface area (Å²) in [5.41, 5.74) is 1.31. The molecule has 6 nitrogen and oxygen atoms in total. The Morgan fingerprint density at radius 2 is 2.03 bits per heavy atom. The van der Waals surface area contributed by atoms with Crippen molar-refractivity contribution < 1.29 is 28.5 Å². The van der Waals surface area contributed by atoms with Crippen LogP contribution < -0.4 is 9.47 Å². The number of hydrogen-bond acceptors (Lipinski definition) is 6. The number of carbonyl (C=O) groups excluding carboxylic acids is 2. The van der Waals surface area contributed by atoms with E-state index < -0.39 is 0 Å². The van der Waals surface area contributed by atoms with E-state index in [0.29, 0.717) is 34.5 Å². The van der Waals surface area contributed by atoms with E-state index in [1.165, 1.54) is 7.11 Å². The van der Waals surface area contributed by atoms with E-state index in [1.54, 1.807) is 25.3 Å². The van der Waals surface area contributed by atoms with Crippen LogP contribution in [0.25, 0.3) is 0 Å². The summed E-state index contributed by atoms with van der Waals surface area (Å²) in [7, 11) is 3.09. The first-order valence-electron chi connectivity index (χ1n) is 10.6. The molecule has 3 aliphatic rings. The fraction of sp³-hybridized carbons (Fsp3) is 0.583. The smallest absolute Gasteiger partial charge is 0.338 e. The van der Waals surface area contributed by atoms with Crippen molar-refractivity contribution in [1.29, 1.82) is 0 Å². The van der Waals surface area contributed by atoms with E-state index >= 15 is 0 Å². The summed E-state index contributed by atoms with van der Waals surface area (Å²) in [5.74, 6) is 1.85. The molecule has 0 amide bonds. The molecule has 0 N–H and O–H groups in total. The molecule has 2 saturated carbocycles. The summed E-state index contributed by atoms with van der Waals surface area (Å²) in [5, 5.41) is 0. The molecule has 0 radical (unpaired) electrons. The van der Waals surface area contributed by atoms with Gasteiger partial charge in [-0.15, -0.1) is 0 Å². The van der Waals surface area contributed by atoms with Gasteiger partial charge in [-0.3, -0.25) is 0 Å². The second-order valence-corrected chi connectivity index (χ2v) is 9.10. The lowest BCUT2D eigenvalue weighted by molar-refractivity contribution is -0.140. The van der Waals surface area contributed by atoms with Gasteiger partial charge in [0, 0.05) is 11.5 Å². The Balaban J connectivity index is 1.30. The van der Waals surface area contributed by atoms with Crippen molar-refractivity contribution in [2.75, 3.05) is 14.2 Å². The maximum atomic E-state index is 12.5. The minimum atomic E-state index is -0.361. The van der Waals surface area contributed by atoms with Gasteiger partial charge in [0.25, 0.3) is 0 Å². The monoisotopic (exact) mass is 414 g/mol. The molecule has 1 aromatic rings. The number of benzene rings is 1. The van der Waals surface area contributed by atoms with Gasteiger partial charge in [0.2, 0.25) is 0 Å². The van der Waals surface area contributed by atoms with Crippen LogP contribution in [0, 0.1) is 23.2 Å². The molecule has 0 aromatic heterocycles. The van der Waals surface area contributed by atoms with Gasteiger partial charge >= 0.3 is 11.9 Å². The van der Waals surface area contributed by atoms with Crippen molar-refractivity contribution in [3.05, 3.63) is 35.9 Å². The molecule has 30 heavy (non-hydrogen) atoms. The van der Waals surface area contributed by atoms with Crippen molar-refractivity contribution in [3.8, 4) is 11.5 Å². The van der Waals surface area contributed by atoms with Crippen LogP contribution in [0.2, 0.25) is 0 Å². The Labute approximate surface area is 177 Å². The highest BCUT2D eigenvalue weighted by molar-refractivity contribution is 5.91. The molecule has 1 saturated heterocycles. The number of methoxy groups -OCH3 is 2. The molecule has 0 bridgehead atoms. The highest BCUT2D eigenvalue weighted by atomic mass is 16.6. The molecule has 6 heteroatoms. The van der Waals surface area contributed by atoms with Gasteiger partial charge in [0.05, 0.1) is 25.9 Å². The van der Waals surface area contributed by atoms with Crippen LogP contribution in [-0.2, 0) is 14.3 Å². The van der Waals surface area contributed by atoms with Crippen molar-refractivity contribution in [1.82, 2.24) is 0 Å². The minimum Gasteiger partial charge on any atom is -0.493 e. The Kier molecular flexibility index (Phi) is 5.28. The average molecular weight is 414 g/mol. The molecule has 2 aliphatic carbocycles. The number of fused-ring (bicyclic) bond motifs is 2. The van der Waals surface area contributed by atoms with Crippen molar-refractivity contribution in [2.24, 2.45) is 23.2 Å². The Hall–Kier alpha value is -2.50. The SMILES string of the molecule is C=C1C(=O)O[C@@H]2C[C@]3(C)C(CCC(C)OC(=O)c4ccc(OC)c(OC)c4)[C@@H]3C[C@H]12. The lowest BCUT2D eigenvalue weighted by Crippen LogP contribution is -2.26. The van der Waals surface area contributed by atoms with Gasteiger partial charge in [0.1, 0.15) is 6.10 Å². The minimum absolute atomic E-state index is 0.00319.